The maximum Gasteiger partial charge on any atom is 0.261 e. The lowest BCUT2D eigenvalue weighted by Gasteiger charge is -2.06. The summed E-state index contributed by atoms with van der Waals surface area (Å²) in [5.74, 6) is -0.395. The first-order chi connectivity index (χ1) is 8.09. The van der Waals surface area contributed by atoms with Crippen LogP contribution in [0.25, 0.3) is 0 Å². The van der Waals surface area contributed by atoms with Crippen molar-refractivity contribution >= 4 is 5.91 Å². The predicted molar refractivity (Wildman–Crippen MR) is 57.3 cm³/mol. The van der Waals surface area contributed by atoms with Crippen LogP contribution in [0.15, 0.2) is 24.3 Å². The molecule has 0 saturated carbocycles. The van der Waals surface area contributed by atoms with Crippen LogP contribution < -0.4 is 5.32 Å². The number of alkyl halides is 2. The van der Waals surface area contributed by atoms with Gasteiger partial charge in [-0.15, -0.1) is 0 Å². The molecule has 1 rings (SSSR count). The number of halogens is 2. The summed E-state index contributed by atoms with van der Waals surface area (Å²) in [6.45, 7) is -0.474. The molecule has 0 saturated heterocycles. The average Bonchev–Trinajstić information content (AvgIpc) is 2.28. The smallest absolute Gasteiger partial charge is 0.261 e. The Morgan fingerprint density at radius 1 is 1.47 bits per heavy atom. The molecule has 0 fully saturated rings. The fourth-order valence-corrected chi connectivity index (χ4v) is 1.16. The topological polar surface area (TPSA) is 58.6 Å². The predicted octanol–water partition coefficient (Wildman–Crippen LogP) is 1.40. The Bertz CT molecular complexity index is 371. The molecule has 0 aromatic heterocycles. The van der Waals surface area contributed by atoms with Crippen LogP contribution in [0.2, 0.25) is 0 Å². The highest BCUT2D eigenvalue weighted by atomic mass is 19.3. The van der Waals surface area contributed by atoms with E-state index in [2.05, 4.69) is 10.1 Å². The van der Waals surface area contributed by atoms with Gasteiger partial charge in [0.15, 0.2) is 0 Å². The van der Waals surface area contributed by atoms with Gasteiger partial charge in [-0.1, -0.05) is 6.07 Å². The van der Waals surface area contributed by atoms with Crippen molar-refractivity contribution in [2.75, 3.05) is 19.8 Å². The average molecular weight is 245 g/mol. The van der Waals surface area contributed by atoms with Crippen molar-refractivity contribution in [2.45, 2.75) is 6.43 Å². The van der Waals surface area contributed by atoms with E-state index in [-0.39, 0.29) is 24.8 Å². The zero-order valence-electron chi connectivity index (χ0n) is 9.03. The Morgan fingerprint density at radius 2 is 2.24 bits per heavy atom. The maximum absolute atomic E-state index is 11.7. The molecular formula is C11H13F2NO3. The van der Waals surface area contributed by atoms with Crippen LogP contribution in [0.3, 0.4) is 0 Å². The van der Waals surface area contributed by atoms with Gasteiger partial charge in [0, 0.05) is 12.1 Å². The number of benzene rings is 1. The molecule has 0 aliphatic rings. The molecule has 1 aromatic carbocycles. The lowest BCUT2D eigenvalue weighted by Crippen LogP contribution is -2.27. The van der Waals surface area contributed by atoms with Gasteiger partial charge in [-0.2, -0.15) is 0 Å². The molecular weight excluding hydrogens is 232 g/mol. The first-order valence-electron chi connectivity index (χ1n) is 5.02. The molecule has 1 amide bonds. The van der Waals surface area contributed by atoms with Gasteiger partial charge >= 0.3 is 0 Å². The van der Waals surface area contributed by atoms with Crippen LogP contribution in [0.4, 0.5) is 8.78 Å². The van der Waals surface area contributed by atoms with Gasteiger partial charge in [-0.3, -0.25) is 4.79 Å². The number of hydrogen-bond acceptors (Lipinski definition) is 3. The monoisotopic (exact) mass is 245 g/mol. The molecule has 1 aromatic rings. The molecule has 0 atom stereocenters. The van der Waals surface area contributed by atoms with Crippen molar-refractivity contribution in [1.82, 2.24) is 5.32 Å². The molecule has 0 bridgehead atoms. The van der Waals surface area contributed by atoms with E-state index < -0.39 is 13.0 Å². The normalized spacial score (nSPS) is 10.5. The summed E-state index contributed by atoms with van der Waals surface area (Å²) in [5.41, 5.74) is 0.304. The molecule has 0 spiro atoms. The lowest BCUT2D eigenvalue weighted by atomic mass is 10.2. The maximum atomic E-state index is 11.7. The Labute approximate surface area is 97.2 Å². The van der Waals surface area contributed by atoms with Gasteiger partial charge in [0.1, 0.15) is 12.4 Å². The molecule has 6 heteroatoms. The van der Waals surface area contributed by atoms with Gasteiger partial charge in [0.2, 0.25) is 0 Å². The van der Waals surface area contributed by atoms with E-state index in [1.54, 1.807) is 0 Å². The van der Waals surface area contributed by atoms with E-state index in [4.69, 9.17) is 5.11 Å². The summed E-state index contributed by atoms with van der Waals surface area (Å²) in [7, 11) is 0. The quantitative estimate of drug-likeness (QED) is 0.745. The second-order valence-electron chi connectivity index (χ2n) is 3.27. The minimum Gasteiger partial charge on any atom is -0.508 e. The first-order valence-corrected chi connectivity index (χ1v) is 5.02. The van der Waals surface area contributed by atoms with E-state index in [0.29, 0.717) is 5.56 Å². The Kier molecular flexibility index (Phi) is 5.35. The molecule has 0 aliphatic heterocycles. The number of phenolic OH excluding ortho intramolecular Hbond substituents is 1. The molecule has 0 radical (unpaired) electrons. The third-order valence-electron chi connectivity index (χ3n) is 1.88. The Hall–Kier alpha value is -1.69. The number of amides is 1. The molecule has 0 heterocycles. The fraction of sp³-hybridized carbons (Fsp3) is 0.364. The number of carbonyl (C=O) groups excluding carboxylic acids is 1. The van der Waals surface area contributed by atoms with Crippen molar-refractivity contribution < 1.29 is 23.4 Å². The summed E-state index contributed by atoms with van der Waals surface area (Å²) >= 11 is 0. The summed E-state index contributed by atoms with van der Waals surface area (Å²) in [6, 6.07) is 5.84. The number of carbonyl (C=O) groups is 1. The number of ether oxygens (including phenoxy) is 1. The van der Waals surface area contributed by atoms with E-state index in [9.17, 15) is 13.6 Å². The molecule has 4 nitrogen and oxygen atoms in total. The van der Waals surface area contributed by atoms with E-state index in [1.165, 1.54) is 24.3 Å². The molecule has 17 heavy (non-hydrogen) atoms. The first kappa shape index (κ1) is 13.4. The minimum absolute atomic E-state index is 0.00778. The highest BCUT2D eigenvalue weighted by Crippen LogP contribution is 2.10. The van der Waals surface area contributed by atoms with Gasteiger partial charge in [-0.25, -0.2) is 8.78 Å². The van der Waals surface area contributed by atoms with Crippen molar-refractivity contribution in [3.63, 3.8) is 0 Å². The summed E-state index contributed by atoms with van der Waals surface area (Å²) < 4.78 is 28.0. The van der Waals surface area contributed by atoms with Crippen LogP contribution in [0.1, 0.15) is 10.4 Å². The summed E-state index contributed by atoms with van der Waals surface area (Å²) in [5, 5.41) is 11.6. The SMILES string of the molecule is O=C(NCCOCC(F)F)c1cccc(O)c1. The third-order valence-corrected chi connectivity index (χ3v) is 1.88. The molecule has 2 N–H and O–H groups in total. The van der Waals surface area contributed by atoms with Crippen molar-refractivity contribution in [2.24, 2.45) is 0 Å². The fourth-order valence-electron chi connectivity index (χ4n) is 1.16. The standard InChI is InChI=1S/C11H13F2NO3/c12-10(13)7-17-5-4-14-11(16)8-2-1-3-9(15)6-8/h1-3,6,10,15H,4-5,7H2,(H,14,16). The molecule has 0 unspecified atom stereocenters. The number of phenols is 1. The number of rotatable bonds is 6. The zero-order valence-corrected chi connectivity index (χ0v) is 9.03. The minimum atomic E-state index is -2.50. The van der Waals surface area contributed by atoms with Gasteiger partial charge in [-0.05, 0) is 18.2 Å². The largest absolute Gasteiger partial charge is 0.508 e. The van der Waals surface area contributed by atoms with E-state index in [1.807, 2.05) is 0 Å². The number of hydrogen-bond donors (Lipinski definition) is 2. The molecule has 0 aliphatic carbocycles. The van der Waals surface area contributed by atoms with Gasteiger partial charge in [0.25, 0.3) is 12.3 Å². The number of nitrogens with one attached hydrogen (secondary N) is 1. The highest BCUT2D eigenvalue weighted by molar-refractivity contribution is 5.94. The number of aromatic hydroxyl groups is 1. The highest BCUT2D eigenvalue weighted by Gasteiger charge is 2.05. The van der Waals surface area contributed by atoms with Crippen molar-refractivity contribution in [1.29, 1.82) is 0 Å². The second kappa shape index (κ2) is 6.80. The van der Waals surface area contributed by atoms with Crippen LogP contribution in [0.5, 0.6) is 5.75 Å². The third kappa shape index (κ3) is 5.26. The van der Waals surface area contributed by atoms with Crippen LogP contribution in [-0.2, 0) is 4.74 Å². The Balaban J connectivity index is 2.26. The van der Waals surface area contributed by atoms with Crippen LogP contribution >= 0.6 is 0 Å². The Morgan fingerprint density at radius 3 is 2.88 bits per heavy atom. The van der Waals surface area contributed by atoms with Crippen LogP contribution in [-0.4, -0.2) is 37.2 Å². The van der Waals surface area contributed by atoms with Gasteiger partial charge < -0.3 is 15.2 Å². The molecule has 94 valence electrons. The lowest BCUT2D eigenvalue weighted by molar-refractivity contribution is 0.0188. The van der Waals surface area contributed by atoms with E-state index in [0.717, 1.165) is 0 Å². The summed E-state index contributed by atoms with van der Waals surface area (Å²) in [6.07, 6.45) is -2.50. The van der Waals surface area contributed by atoms with Crippen molar-refractivity contribution in [3.05, 3.63) is 29.8 Å². The summed E-state index contributed by atoms with van der Waals surface area (Å²) in [4.78, 5) is 11.5. The van der Waals surface area contributed by atoms with E-state index >= 15 is 0 Å². The van der Waals surface area contributed by atoms with Crippen LogP contribution in [0, 0.1) is 0 Å². The second-order valence-corrected chi connectivity index (χ2v) is 3.27. The zero-order chi connectivity index (χ0) is 12.7. The van der Waals surface area contributed by atoms with Gasteiger partial charge in [0.05, 0.1) is 6.61 Å². The van der Waals surface area contributed by atoms with Crippen molar-refractivity contribution in [3.8, 4) is 5.75 Å².